The van der Waals surface area contributed by atoms with E-state index < -0.39 is 12.0 Å². The average Bonchev–Trinajstić information content (AvgIpc) is 2.45. The van der Waals surface area contributed by atoms with Crippen molar-refractivity contribution >= 4 is 11.9 Å². The maximum absolute atomic E-state index is 12.3. The lowest BCUT2D eigenvalue weighted by molar-refractivity contribution is -0.154. The van der Waals surface area contributed by atoms with Crippen LogP contribution in [0, 0.1) is 5.92 Å². The Labute approximate surface area is 118 Å². The van der Waals surface area contributed by atoms with Crippen molar-refractivity contribution < 1.29 is 14.7 Å². The Morgan fingerprint density at radius 3 is 2.95 bits per heavy atom. The number of aromatic nitrogens is 1. The summed E-state index contributed by atoms with van der Waals surface area (Å²) < 4.78 is 0. The summed E-state index contributed by atoms with van der Waals surface area (Å²) in [6.07, 6.45) is 6.11. The van der Waals surface area contributed by atoms with Crippen LogP contribution in [0.3, 0.4) is 0 Å². The fourth-order valence-electron chi connectivity index (χ4n) is 2.79. The smallest absolute Gasteiger partial charge is 0.326 e. The van der Waals surface area contributed by atoms with E-state index in [9.17, 15) is 14.7 Å². The molecular weight excluding hydrogens is 256 g/mol. The molecule has 108 valence electrons. The van der Waals surface area contributed by atoms with E-state index in [-0.39, 0.29) is 11.8 Å². The van der Waals surface area contributed by atoms with Crippen LogP contribution in [0.1, 0.15) is 31.7 Å². The second kappa shape index (κ2) is 6.50. The van der Waals surface area contributed by atoms with Gasteiger partial charge in [0.15, 0.2) is 0 Å². The maximum atomic E-state index is 12.3. The molecule has 0 aromatic carbocycles. The molecule has 0 spiro atoms. The molecule has 1 aliphatic heterocycles. The van der Waals surface area contributed by atoms with Gasteiger partial charge in [-0.25, -0.2) is 4.79 Å². The van der Waals surface area contributed by atoms with Crippen molar-refractivity contribution in [3.8, 4) is 0 Å². The third-order valence-corrected chi connectivity index (χ3v) is 3.86. The Morgan fingerprint density at radius 1 is 1.50 bits per heavy atom. The van der Waals surface area contributed by atoms with Crippen LogP contribution in [0.2, 0.25) is 0 Å². The molecule has 0 saturated carbocycles. The van der Waals surface area contributed by atoms with Crippen LogP contribution in [-0.2, 0) is 16.0 Å². The molecule has 2 rings (SSSR count). The lowest BCUT2D eigenvalue weighted by Crippen LogP contribution is -2.51. The van der Waals surface area contributed by atoms with Gasteiger partial charge in [-0.2, -0.15) is 0 Å². The van der Waals surface area contributed by atoms with Crippen LogP contribution in [0.15, 0.2) is 24.5 Å². The van der Waals surface area contributed by atoms with Crippen molar-refractivity contribution in [2.45, 2.75) is 38.6 Å². The zero-order valence-corrected chi connectivity index (χ0v) is 11.7. The molecule has 0 bridgehead atoms. The zero-order chi connectivity index (χ0) is 14.5. The molecule has 1 N–H and O–H groups in total. The standard InChI is InChI=1S/C15H20N2O3/c1-11-4-3-9-17(14(11)15(19)20)13(18)7-6-12-5-2-8-16-10-12/h2,5,8,10-11,14H,3-4,6-7,9H2,1H3,(H,19,20). The first kappa shape index (κ1) is 14.5. The van der Waals surface area contributed by atoms with Crippen molar-refractivity contribution in [2.24, 2.45) is 5.92 Å². The van der Waals surface area contributed by atoms with E-state index in [1.807, 2.05) is 19.1 Å². The van der Waals surface area contributed by atoms with Crippen LogP contribution in [0.25, 0.3) is 0 Å². The largest absolute Gasteiger partial charge is 0.480 e. The van der Waals surface area contributed by atoms with Crippen LogP contribution in [0.5, 0.6) is 0 Å². The lowest BCUT2D eigenvalue weighted by Gasteiger charge is -2.37. The molecule has 5 heteroatoms. The number of carbonyl (C=O) groups is 2. The number of pyridine rings is 1. The molecule has 0 radical (unpaired) electrons. The van der Waals surface area contributed by atoms with E-state index in [2.05, 4.69) is 4.98 Å². The van der Waals surface area contributed by atoms with E-state index >= 15 is 0 Å². The molecule has 2 atom stereocenters. The van der Waals surface area contributed by atoms with Gasteiger partial charge in [-0.05, 0) is 36.8 Å². The molecule has 2 unspecified atom stereocenters. The summed E-state index contributed by atoms with van der Waals surface area (Å²) in [5.74, 6) is -0.955. The Morgan fingerprint density at radius 2 is 2.30 bits per heavy atom. The molecule has 1 saturated heterocycles. The van der Waals surface area contributed by atoms with Gasteiger partial charge in [0, 0.05) is 25.4 Å². The van der Waals surface area contributed by atoms with E-state index in [1.165, 1.54) is 4.90 Å². The summed E-state index contributed by atoms with van der Waals surface area (Å²) in [5, 5.41) is 9.31. The second-order valence-corrected chi connectivity index (χ2v) is 5.35. The van der Waals surface area contributed by atoms with Gasteiger partial charge < -0.3 is 10.0 Å². The summed E-state index contributed by atoms with van der Waals surface area (Å²) in [6, 6.07) is 3.08. The molecule has 5 nitrogen and oxygen atoms in total. The number of nitrogens with zero attached hydrogens (tertiary/aromatic N) is 2. The van der Waals surface area contributed by atoms with E-state index in [4.69, 9.17) is 0 Å². The Balaban J connectivity index is 1.98. The fourth-order valence-corrected chi connectivity index (χ4v) is 2.79. The molecule has 2 heterocycles. The molecule has 1 aromatic rings. The highest BCUT2D eigenvalue weighted by Gasteiger charge is 2.36. The molecule has 1 amide bonds. The number of likely N-dealkylation sites (tertiary alicyclic amines) is 1. The van der Waals surface area contributed by atoms with Gasteiger partial charge in [0.2, 0.25) is 5.91 Å². The summed E-state index contributed by atoms with van der Waals surface area (Å²) in [5.41, 5.74) is 0.998. The number of aryl methyl sites for hydroxylation is 1. The third-order valence-electron chi connectivity index (χ3n) is 3.86. The number of aliphatic carboxylic acids is 1. The molecule has 0 aliphatic carbocycles. The second-order valence-electron chi connectivity index (χ2n) is 5.35. The number of piperidine rings is 1. The number of carboxylic acid groups (broad SMARTS) is 1. The Bertz CT molecular complexity index is 475. The Kier molecular flexibility index (Phi) is 4.71. The highest BCUT2D eigenvalue weighted by atomic mass is 16.4. The van der Waals surface area contributed by atoms with Crippen LogP contribution in [0.4, 0.5) is 0 Å². The van der Waals surface area contributed by atoms with Gasteiger partial charge in [-0.1, -0.05) is 13.0 Å². The summed E-state index contributed by atoms with van der Waals surface area (Å²) >= 11 is 0. The minimum Gasteiger partial charge on any atom is -0.480 e. The van der Waals surface area contributed by atoms with Crippen molar-refractivity contribution in [1.82, 2.24) is 9.88 Å². The first-order chi connectivity index (χ1) is 9.59. The van der Waals surface area contributed by atoms with Gasteiger partial charge in [-0.15, -0.1) is 0 Å². The Hall–Kier alpha value is -1.91. The van der Waals surface area contributed by atoms with E-state index in [0.717, 1.165) is 18.4 Å². The van der Waals surface area contributed by atoms with Crippen molar-refractivity contribution in [3.63, 3.8) is 0 Å². The number of rotatable bonds is 4. The average molecular weight is 276 g/mol. The topological polar surface area (TPSA) is 70.5 Å². The van der Waals surface area contributed by atoms with E-state index in [0.29, 0.717) is 19.4 Å². The number of hydrogen-bond acceptors (Lipinski definition) is 3. The van der Waals surface area contributed by atoms with Gasteiger partial charge in [0.1, 0.15) is 6.04 Å². The fraction of sp³-hybridized carbons (Fsp3) is 0.533. The van der Waals surface area contributed by atoms with Gasteiger partial charge in [-0.3, -0.25) is 9.78 Å². The predicted octanol–water partition coefficient (Wildman–Crippen LogP) is 1.73. The first-order valence-electron chi connectivity index (χ1n) is 7.01. The lowest BCUT2D eigenvalue weighted by atomic mass is 9.90. The van der Waals surface area contributed by atoms with Crippen LogP contribution < -0.4 is 0 Å². The van der Waals surface area contributed by atoms with Crippen molar-refractivity contribution in [3.05, 3.63) is 30.1 Å². The van der Waals surface area contributed by atoms with Crippen molar-refractivity contribution in [2.75, 3.05) is 6.54 Å². The molecule has 20 heavy (non-hydrogen) atoms. The maximum Gasteiger partial charge on any atom is 0.326 e. The zero-order valence-electron chi connectivity index (χ0n) is 11.7. The molecular formula is C15H20N2O3. The number of carbonyl (C=O) groups excluding carboxylic acids is 1. The van der Waals surface area contributed by atoms with Gasteiger partial charge >= 0.3 is 5.97 Å². The highest BCUT2D eigenvalue weighted by Crippen LogP contribution is 2.24. The number of carboxylic acids is 1. The summed E-state index contributed by atoms with van der Waals surface area (Å²) in [7, 11) is 0. The quantitative estimate of drug-likeness (QED) is 0.909. The van der Waals surface area contributed by atoms with Crippen molar-refractivity contribution in [1.29, 1.82) is 0 Å². The number of amides is 1. The molecule has 1 fully saturated rings. The normalized spacial score (nSPS) is 22.6. The van der Waals surface area contributed by atoms with E-state index in [1.54, 1.807) is 12.4 Å². The van der Waals surface area contributed by atoms with Crippen LogP contribution >= 0.6 is 0 Å². The highest BCUT2D eigenvalue weighted by molar-refractivity contribution is 5.84. The van der Waals surface area contributed by atoms with Gasteiger partial charge in [0.05, 0.1) is 0 Å². The molecule has 1 aromatic heterocycles. The number of hydrogen-bond donors (Lipinski definition) is 1. The third kappa shape index (κ3) is 3.35. The molecule has 1 aliphatic rings. The minimum absolute atomic E-state index is 0.0172. The SMILES string of the molecule is CC1CCCN(C(=O)CCc2cccnc2)C1C(=O)O. The summed E-state index contributed by atoms with van der Waals surface area (Å²) in [4.78, 5) is 29.2. The van der Waals surface area contributed by atoms with Crippen LogP contribution in [-0.4, -0.2) is 39.5 Å². The first-order valence-corrected chi connectivity index (χ1v) is 7.01. The minimum atomic E-state index is -0.896. The van der Waals surface area contributed by atoms with Gasteiger partial charge in [0.25, 0.3) is 0 Å². The predicted molar refractivity (Wildman–Crippen MR) is 74.1 cm³/mol. The summed E-state index contributed by atoms with van der Waals surface area (Å²) in [6.45, 7) is 2.45. The monoisotopic (exact) mass is 276 g/mol.